The van der Waals surface area contributed by atoms with E-state index >= 15 is 0 Å². The number of aromatic nitrogens is 1. The number of fused-ring (bicyclic) bond motifs is 2. The Hall–Kier alpha value is -2.78. The fraction of sp³-hybridized carbons (Fsp3) is 0.440. The van der Waals surface area contributed by atoms with E-state index in [1.54, 1.807) is 25.2 Å². The maximum absolute atomic E-state index is 12.7. The molecule has 2 aromatic heterocycles. The van der Waals surface area contributed by atoms with Crippen molar-refractivity contribution in [3.05, 3.63) is 45.3 Å². The highest BCUT2D eigenvalue weighted by molar-refractivity contribution is 7.18. The van der Waals surface area contributed by atoms with Crippen molar-refractivity contribution in [1.29, 1.82) is 0 Å². The molecule has 0 saturated carbocycles. The molecule has 0 spiro atoms. The van der Waals surface area contributed by atoms with Crippen LogP contribution in [0.15, 0.2) is 24.3 Å². The Bertz CT molecular complexity index is 1170. The number of carbonyl (C=O) groups is 3. The summed E-state index contributed by atoms with van der Waals surface area (Å²) < 4.78 is 11.7. The van der Waals surface area contributed by atoms with Gasteiger partial charge in [-0.2, -0.15) is 0 Å². The van der Waals surface area contributed by atoms with Crippen LogP contribution in [0.5, 0.6) is 0 Å². The predicted octanol–water partition coefficient (Wildman–Crippen LogP) is 5.31. The first-order valence-corrected chi connectivity index (χ1v) is 13.3. The zero-order chi connectivity index (χ0) is 24.1. The molecule has 4 rings (SSSR count). The molecule has 1 unspecified atom stereocenters. The zero-order valence-corrected chi connectivity index (χ0v) is 21.0. The lowest BCUT2D eigenvalue weighted by atomic mass is 9.95. The lowest BCUT2D eigenvalue weighted by Gasteiger charge is -2.14. The SMILES string of the molecule is CCOC(=O)c1c(NC(=O)C(C)OC(=O)CCCc2nc3ccccc3s2)sc2c1CCCC2. The Balaban J connectivity index is 1.31. The number of ether oxygens (including phenoxy) is 2. The number of benzene rings is 1. The molecule has 180 valence electrons. The molecule has 1 aliphatic rings. The first-order valence-electron chi connectivity index (χ1n) is 11.6. The third kappa shape index (κ3) is 5.64. The molecule has 0 saturated heterocycles. The third-order valence-electron chi connectivity index (χ3n) is 5.67. The number of esters is 2. The topological polar surface area (TPSA) is 94.6 Å². The monoisotopic (exact) mass is 500 g/mol. The van der Waals surface area contributed by atoms with Crippen molar-refractivity contribution < 1.29 is 23.9 Å². The van der Waals surface area contributed by atoms with Gasteiger partial charge in [-0.25, -0.2) is 9.78 Å². The predicted molar refractivity (Wildman–Crippen MR) is 134 cm³/mol. The Kier molecular flexibility index (Phi) is 7.95. The van der Waals surface area contributed by atoms with Crippen molar-refractivity contribution in [2.24, 2.45) is 0 Å². The summed E-state index contributed by atoms with van der Waals surface area (Å²) in [5.41, 5.74) is 2.39. The van der Waals surface area contributed by atoms with Gasteiger partial charge in [-0.1, -0.05) is 12.1 Å². The second-order valence-electron chi connectivity index (χ2n) is 8.19. The van der Waals surface area contributed by atoms with E-state index < -0.39 is 23.9 Å². The minimum absolute atomic E-state index is 0.203. The quantitative estimate of drug-likeness (QED) is 0.400. The summed E-state index contributed by atoms with van der Waals surface area (Å²) >= 11 is 3.04. The molecule has 0 radical (unpaired) electrons. The van der Waals surface area contributed by atoms with Gasteiger partial charge >= 0.3 is 11.9 Å². The van der Waals surface area contributed by atoms with Crippen LogP contribution in [-0.4, -0.2) is 35.5 Å². The molecule has 2 heterocycles. The van der Waals surface area contributed by atoms with Crippen LogP contribution in [-0.2, 0) is 38.3 Å². The molecule has 0 fully saturated rings. The highest BCUT2D eigenvalue weighted by atomic mass is 32.1. The summed E-state index contributed by atoms with van der Waals surface area (Å²) in [5.74, 6) is -1.31. The zero-order valence-electron chi connectivity index (χ0n) is 19.3. The number of nitrogens with zero attached hydrogens (tertiary/aromatic N) is 1. The smallest absolute Gasteiger partial charge is 0.341 e. The molecule has 34 heavy (non-hydrogen) atoms. The second-order valence-corrected chi connectivity index (χ2v) is 10.4. The van der Waals surface area contributed by atoms with Gasteiger partial charge in [0, 0.05) is 11.3 Å². The maximum Gasteiger partial charge on any atom is 0.341 e. The van der Waals surface area contributed by atoms with Crippen LogP contribution >= 0.6 is 22.7 Å². The standard InChI is InChI=1S/C25H28N2O5S2/c1-3-31-25(30)22-16-9-4-6-11-18(16)34-24(22)27-23(29)15(2)32-21(28)14-8-13-20-26-17-10-5-7-12-19(17)33-20/h5,7,10,12,15H,3-4,6,8-9,11,13-14H2,1-2H3,(H,27,29). The number of nitrogens with one attached hydrogen (secondary N) is 1. The summed E-state index contributed by atoms with van der Waals surface area (Å²) in [5, 5.41) is 4.26. The van der Waals surface area contributed by atoms with Crippen LogP contribution in [0.25, 0.3) is 10.2 Å². The average Bonchev–Trinajstić information content (AvgIpc) is 3.39. The van der Waals surface area contributed by atoms with Gasteiger partial charge in [-0.15, -0.1) is 22.7 Å². The van der Waals surface area contributed by atoms with Gasteiger partial charge in [-0.3, -0.25) is 9.59 Å². The van der Waals surface area contributed by atoms with E-state index in [9.17, 15) is 14.4 Å². The number of para-hydroxylation sites is 1. The average molecular weight is 501 g/mol. The fourth-order valence-corrected chi connectivity index (χ4v) is 6.30. The Morgan fingerprint density at radius 3 is 2.74 bits per heavy atom. The molecule has 1 atom stereocenters. The van der Waals surface area contributed by atoms with Crippen LogP contribution in [0.3, 0.4) is 0 Å². The highest BCUT2D eigenvalue weighted by Crippen LogP contribution is 2.38. The molecule has 9 heteroatoms. The van der Waals surface area contributed by atoms with E-state index in [2.05, 4.69) is 10.3 Å². The van der Waals surface area contributed by atoms with Crippen LogP contribution in [0, 0.1) is 0 Å². The first-order chi connectivity index (χ1) is 16.5. The number of amides is 1. The molecule has 1 aromatic carbocycles. The van der Waals surface area contributed by atoms with Gasteiger partial charge in [0.25, 0.3) is 5.91 Å². The van der Waals surface area contributed by atoms with Gasteiger partial charge in [0.1, 0.15) is 5.00 Å². The Morgan fingerprint density at radius 2 is 1.94 bits per heavy atom. The maximum atomic E-state index is 12.7. The largest absolute Gasteiger partial charge is 0.462 e. The van der Waals surface area contributed by atoms with Gasteiger partial charge in [-0.05, 0) is 70.1 Å². The third-order valence-corrected chi connectivity index (χ3v) is 7.98. The molecule has 1 N–H and O–H groups in total. The van der Waals surface area contributed by atoms with Crippen molar-refractivity contribution in [1.82, 2.24) is 4.98 Å². The number of thiophene rings is 1. The number of hydrogen-bond acceptors (Lipinski definition) is 8. The summed E-state index contributed by atoms with van der Waals surface area (Å²) in [6.07, 6.45) is 4.27. The Labute approximate surface area is 206 Å². The number of rotatable bonds is 9. The lowest BCUT2D eigenvalue weighted by molar-refractivity contribution is -0.153. The summed E-state index contributed by atoms with van der Waals surface area (Å²) in [6, 6.07) is 7.94. The van der Waals surface area contributed by atoms with E-state index in [0.717, 1.165) is 51.3 Å². The minimum atomic E-state index is -0.968. The van der Waals surface area contributed by atoms with E-state index in [4.69, 9.17) is 9.47 Å². The van der Waals surface area contributed by atoms with Crippen molar-refractivity contribution in [3.8, 4) is 0 Å². The highest BCUT2D eigenvalue weighted by Gasteiger charge is 2.28. The molecule has 1 amide bonds. The first kappa shape index (κ1) is 24.3. The van der Waals surface area contributed by atoms with E-state index in [-0.39, 0.29) is 13.0 Å². The fourth-order valence-electron chi connectivity index (χ4n) is 4.01. The van der Waals surface area contributed by atoms with Crippen molar-refractivity contribution in [2.45, 2.75) is 64.9 Å². The van der Waals surface area contributed by atoms with E-state index in [1.807, 2.05) is 24.3 Å². The van der Waals surface area contributed by atoms with Gasteiger partial charge < -0.3 is 14.8 Å². The number of carbonyl (C=O) groups excluding carboxylic acids is 3. The second kappa shape index (κ2) is 11.1. The molecule has 7 nitrogen and oxygen atoms in total. The summed E-state index contributed by atoms with van der Waals surface area (Å²) in [7, 11) is 0. The molecule has 0 aliphatic heterocycles. The van der Waals surface area contributed by atoms with Gasteiger partial charge in [0.2, 0.25) is 0 Å². The van der Waals surface area contributed by atoms with Crippen molar-refractivity contribution in [3.63, 3.8) is 0 Å². The summed E-state index contributed by atoms with van der Waals surface area (Å²) in [4.78, 5) is 43.3. The van der Waals surface area contributed by atoms with Crippen LogP contribution < -0.4 is 5.32 Å². The number of hydrogen-bond donors (Lipinski definition) is 1. The molecular weight excluding hydrogens is 472 g/mol. The minimum Gasteiger partial charge on any atom is -0.462 e. The van der Waals surface area contributed by atoms with Crippen LogP contribution in [0.4, 0.5) is 5.00 Å². The van der Waals surface area contributed by atoms with E-state index in [1.165, 1.54) is 11.3 Å². The normalized spacial score (nSPS) is 13.8. The summed E-state index contributed by atoms with van der Waals surface area (Å²) in [6.45, 7) is 3.56. The molecule has 1 aliphatic carbocycles. The lowest BCUT2D eigenvalue weighted by Crippen LogP contribution is -2.30. The number of anilines is 1. The van der Waals surface area contributed by atoms with Crippen LogP contribution in [0.1, 0.15) is 65.3 Å². The number of aryl methyl sites for hydroxylation is 2. The van der Waals surface area contributed by atoms with E-state index in [0.29, 0.717) is 23.4 Å². The molecular formula is C25H28N2O5S2. The molecule has 3 aromatic rings. The van der Waals surface area contributed by atoms with Gasteiger partial charge in [0.05, 0.1) is 27.4 Å². The number of thiazole rings is 1. The Morgan fingerprint density at radius 1 is 1.15 bits per heavy atom. The van der Waals surface area contributed by atoms with Crippen LogP contribution in [0.2, 0.25) is 0 Å². The van der Waals surface area contributed by atoms with Crippen molar-refractivity contribution in [2.75, 3.05) is 11.9 Å². The molecule has 0 bridgehead atoms. The van der Waals surface area contributed by atoms with Gasteiger partial charge in [0.15, 0.2) is 6.10 Å². The van der Waals surface area contributed by atoms with Crippen molar-refractivity contribution >= 4 is 55.7 Å².